The quantitative estimate of drug-likeness (QED) is 0.938. The molecule has 0 aliphatic carbocycles. The molecule has 0 aliphatic rings. The van der Waals surface area contributed by atoms with Crippen molar-refractivity contribution < 1.29 is 13.5 Å². The Morgan fingerprint density at radius 1 is 1.44 bits per heavy atom. The summed E-state index contributed by atoms with van der Waals surface area (Å²) in [6, 6.07) is 6.53. The van der Waals surface area contributed by atoms with Crippen LogP contribution in [0.5, 0.6) is 5.75 Å². The summed E-state index contributed by atoms with van der Waals surface area (Å²) in [5, 5.41) is 3.13. The summed E-state index contributed by atoms with van der Waals surface area (Å²) >= 11 is 3.18. The second-order valence-corrected chi connectivity index (χ2v) is 4.60. The summed E-state index contributed by atoms with van der Waals surface area (Å²) in [6.07, 6.45) is 1.60. The lowest BCUT2D eigenvalue weighted by atomic mass is 10.0. The maximum atomic E-state index is 13.5. The van der Waals surface area contributed by atoms with Gasteiger partial charge in [0.05, 0.1) is 23.9 Å². The third-order valence-electron chi connectivity index (χ3n) is 2.70. The SMILES string of the molecule is CNC(c1ccco1)c1cc(Br)c(F)cc1OC. The highest BCUT2D eigenvalue weighted by Crippen LogP contribution is 2.34. The molecule has 18 heavy (non-hydrogen) atoms. The molecular formula is C13H13BrFNO2. The number of nitrogens with one attached hydrogen (secondary N) is 1. The van der Waals surface area contributed by atoms with Crippen LogP contribution in [0.3, 0.4) is 0 Å². The average Bonchev–Trinajstić information content (AvgIpc) is 2.88. The zero-order chi connectivity index (χ0) is 13.1. The van der Waals surface area contributed by atoms with Crippen molar-refractivity contribution in [2.45, 2.75) is 6.04 Å². The molecule has 1 aromatic carbocycles. The minimum atomic E-state index is -0.357. The Hall–Kier alpha value is -1.33. The number of halogens is 2. The van der Waals surface area contributed by atoms with Crippen molar-refractivity contribution in [1.82, 2.24) is 5.32 Å². The van der Waals surface area contributed by atoms with Crippen molar-refractivity contribution in [3.05, 3.63) is 52.1 Å². The van der Waals surface area contributed by atoms with Crippen LogP contribution in [0, 0.1) is 5.82 Å². The molecule has 1 unspecified atom stereocenters. The highest BCUT2D eigenvalue weighted by Gasteiger charge is 2.20. The zero-order valence-electron chi connectivity index (χ0n) is 10.0. The molecule has 0 bridgehead atoms. The molecule has 0 radical (unpaired) electrons. The monoisotopic (exact) mass is 313 g/mol. The molecule has 5 heteroatoms. The van der Waals surface area contributed by atoms with Crippen molar-refractivity contribution in [2.24, 2.45) is 0 Å². The Labute approximate surface area is 113 Å². The summed E-state index contributed by atoms with van der Waals surface area (Å²) in [5.74, 6) is 0.866. The fraction of sp³-hybridized carbons (Fsp3) is 0.231. The van der Waals surface area contributed by atoms with Crippen molar-refractivity contribution in [2.75, 3.05) is 14.2 Å². The molecule has 96 valence electrons. The van der Waals surface area contributed by atoms with E-state index in [1.54, 1.807) is 12.3 Å². The van der Waals surface area contributed by atoms with Gasteiger partial charge in [-0.05, 0) is 41.2 Å². The van der Waals surface area contributed by atoms with E-state index in [9.17, 15) is 4.39 Å². The van der Waals surface area contributed by atoms with Crippen LogP contribution in [-0.2, 0) is 0 Å². The molecule has 0 amide bonds. The van der Waals surface area contributed by atoms with E-state index in [1.807, 2.05) is 19.2 Å². The lowest BCUT2D eigenvalue weighted by Gasteiger charge is -2.18. The van der Waals surface area contributed by atoms with E-state index in [-0.39, 0.29) is 11.9 Å². The number of methoxy groups -OCH3 is 1. The first-order valence-corrected chi connectivity index (χ1v) is 6.20. The minimum Gasteiger partial charge on any atom is -0.496 e. The van der Waals surface area contributed by atoms with Gasteiger partial charge in [0.25, 0.3) is 0 Å². The van der Waals surface area contributed by atoms with Crippen LogP contribution in [0.4, 0.5) is 4.39 Å². The van der Waals surface area contributed by atoms with Gasteiger partial charge in [0, 0.05) is 11.6 Å². The normalized spacial score (nSPS) is 12.4. The van der Waals surface area contributed by atoms with Gasteiger partial charge in [0.2, 0.25) is 0 Å². The third kappa shape index (κ3) is 2.42. The van der Waals surface area contributed by atoms with E-state index in [1.165, 1.54) is 13.2 Å². The smallest absolute Gasteiger partial charge is 0.141 e. The number of benzene rings is 1. The second kappa shape index (κ2) is 5.54. The van der Waals surface area contributed by atoms with E-state index >= 15 is 0 Å². The molecule has 0 aliphatic heterocycles. The lowest BCUT2D eigenvalue weighted by Crippen LogP contribution is -2.18. The van der Waals surface area contributed by atoms with Gasteiger partial charge < -0.3 is 14.5 Å². The Morgan fingerprint density at radius 3 is 2.78 bits per heavy atom. The first-order valence-electron chi connectivity index (χ1n) is 5.41. The predicted octanol–water partition coefficient (Wildman–Crippen LogP) is 3.50. The highest BCUT2D eigenvalue weighted by atomic mass is 79.9. The average molecular weight is 314 g/mol. The number of hydrogen-bond acceptors (Lipinski definition) is 3. The first kappa shape index (κ1) is 13.1. The van der Waals surface area contributed by atoms with Gasteiger partial charge in [-0.2, -0.15) is 0 Å². The molecule has 3 nitrogen and oxygen atoms in total. The van der Waals surface area contributed by atoms with Gasteiger partial charge in [0.15, 0.2) is 0 Å². The van der Waals surface area contributed by atoms with Crippen LogP contribution >= 0.6 is 15.9 Å². The summed E-state index contributed by atoms with van der Waals surface area (Å²) < 4.78 is 24.5. The third-order valence-corrected chi connectivity index (χ3v) is 3.31. The van der Waals surface area contributed by atoms with Crippen LogP contribution in [0.2, 0.25) is 0 Å². The van der Waals surface area contributed by atoms with Crippen molar-refractivity contribution in [1.29, 1.82) is 0 Å². The van der Waals surface area contributed by atoms with Gasteiger partial charge in [-0.25, -0.2) is 4.39 Å². The summed E-state index contributed by atoms with van der Waals surface area (Å²) in [4.78, 5) is 0. The van der Waals surface area contributed by atoms with Crippen LogP contribution in [0.15, 0.2) is 39.4 Å². The van der Waals surface area contributed by atoms with Crippen molar-refractivity contribution >= 4 is 15.9 Å². The van der Waals surface area contributed by atoms with Gasteiger partial charge in [-0.3, -0.25) is 0 Å². The number of rotatable bonds is 4. The molecule has 2 aromatic rings. The van der Waals surface area contributed by atoms with Crippen molar-refractivity contribution in [3.8, 4) is 5.75 Å². The maximum absolute atomic E-state index is 13.5. The van der Waals surface area contributed by atoms with Crippen LogP contribution in [-0.4, -0.2) is 14.2 Å². The molecule has 0 saturated carbocycles. The molecule has 1 aromatic heterocycles. The maximum Gasteiger partial charge on any atom is 0.141 e. The van der Waals surface area contributed by atoms with E-state index in [0.717, 1.165) is 11.3 Å². The fourth-order valence-corrected chi connectivity index (χ4v) is 2.21. The van der Waals surface area contributed by atoms with E-state index < -0.39 is 0 Å². The molecule has 0 fully saturated rings. The molecule has 1 atom stereocenters. The second-order valence-electron chi connectivity index (χ2n) is 3.75. The topological polar surface area (TPSA) is 34.4 Å². The Morgan fingerprint density at radius 2 is 2.22 bits per heavy atom. The summed E-state index contributed by atoms with van der Waals surface area (Å²) in [6.45, 7) is 0. The highest BCUT2D eigenvalue weighted by molar-refractivity contribution is 9.10. The van der Waals surface area contributed by atoms with Crippen LogP contribution in [0.1, 0.15) is 17.4 Å². The predicted molar refractivity (Wildman–Crippen MR) is 70.3 cm³/mol. The summed E-state index contributed by atoms with van der Waals surface area (Å²) in [5.41, 5.74) is 0.809. The van der Waals surface area contributed by atoms with Gasteiger partial charge in [-0.15, -0.1) is 0 Å². The number of furan rings is 1. The minimum absolute atomic E-state index is 0.188. The number of hydrogen-bond donors (Lipinski definition) is 1. The molecule has 2 rings (SSSR count). The van der Waals surface area contributed by atoms with Crippen LogP contribution in [0.25, 0.3) is 0 Å². The Balaban J connectivity index is 2.51. The van der Waals surface area contributed by atoms with Gasteiger partial charge >= 0.3 is 0 Å². The van der Waals surface area contributed by atoms with Crippen LogP contribution < -0.4 is 10.1 Å². The van der Waals surface area contributed by atoms with E-state index in [2.05, 4.69) is 21.2 Å². The van der Waals surface area contributed by atoms with Gasteiger partial charge in [0.1, 0.15) is 17.3 Å². The standard InChI is InChI=1S/C13H13BrFNO2/c1-16-13(11-4-3-5-18-11)8-6-9(14)10(15)7-12(8)17-2/h3-7,13,16H,1-2H3. The molecule has 0 saturated heterocycles. The van der Waals surface area contributed by atoms with Crippen molar-refractivity contribution in [3.63, 3.8) is 0 Å². The largest absolute Gasteiger partial charge is 0.496 e. The zero-order valence-corrected chi connectivity index (χ0v) is 11.6. The molecule has 0 spiro atoms. The number of ether oxygens (including phenoxy) is 1. The fourth-order valence-electron chi connectivity index (χ4n) is 1.85. The summed E-state index contributed by atoms with van der Waals surface area (Å²) in [7, 11) is 3.32. The Bertz CT molecular complexity index is 528. The molecular weight excluding hydrogens is 301 g/mol. The van der Waals surface area contributed by atoms with E-state index in [0.29, 0.717) is 10.2 Å². The lowest BCUT2D eigenvalue weighted by molar-refractivity contribution is 0.393. The molecule has 1 N–H and O–H groups in total. The van der Waals surface area contributed by atoms with Gasteiger partial charge in [-0.1, -0.05) is 0 Å². The molecule has 1 heterocycles. The first-order chi connectivity index (χ1) is 8.67. The Kier molecular flexibility index (Phi) is 4.04. The van der Waals surface area contributed by atoms with E-state index in [4.69, 9.17) is 9.15 Å².